The van der Waals surface area contributed by atoms with Crippen molar-refractivity contribution in [2.24, 2.45) is 0 Å². The van der Waals surface area contributed by atoms with Gasteiger partial charge < -0.3 is 9.73 Å². The number of hydrogen-bond donors (Lipinski definition) is 1. The average Bonchev–Trinajstić information content (AvgIpc) is 3.23. The molecule has 5 nitrogen and oxygen atoms in total. The number of nitrogens with one attached hydrogen (secondary N) is 1. The molecule has 6 heteroatoms. The third-order valence-corrected chi connectivity index (χ3v) is 4.34. The Labute approximate surface area is 129 Å². The summed E-state index contributed by atoms with van der Waals surface area (Å²) in [6.45, 7) is 7.04. The summed E-state index contributed by atoms with van der Waals surface area (Å²) >= 11 is 1.47. The van der Waals surface area contributed by atoms with E-state index >= 15 is 0 Å². The van der Waals surface area contributed by atoms with Gasteiger partial charge in [-0.1, -0.05) is 6.92 Å². The Balaban J connectivity index is 1.91. The van der Waals surface area contributed by atoms with Gasteiger partial charge in [-0.3, -0.25) is 0 Å². The molecule has 2 aromatic rings. The molecule has 0 bridgehead atoms. The van der Waals surface area contributed by atoms with Crippen LogP contribution in [0.4, 0.5) is 5.82 Å². The molecule has 0 aliphatic heterocycles. The maximum atomic E-state index is 5.43. The summed E-state index contributed by atoms with van der Waals surface area (Å²) in [5, 5.41) is 4.98. The molecular weight excluding hydrogens is 284 g/mol. The van der Waals surface area contributed by atoms with Crippen molar-refractivity contribution in [2.75, 3.05) is 11.9 Å². The van der Waals surface area contributed by atoms with E-state index in [2.05, 4.69) is 17.2 Å². The molecule has 0 unspecified atom stereocenters. The van der Waals surface area contributed by atoms with Crippen LogP contribution in [0.25, 0.3) is 0 Å². The highest BCUT2D eigenvalue weighted by molar-refractivity contribution is 7.99. The number of hydrogen-bond acceptors (Lipinski definition) is 6. The topological polar surface area (TPSA) is 63.8 Å². The van der Waals surface area contributed by atoms with E-state index in [1.807, 2.05) is 13.8 Å². The zero-order valence-electron chi connectivity index (χ0n) is 12.6. The fourth-order valence-electron chi connectivity index (χ4n) is 2.01. The molecule has 0 spiro atoms. The number of oxazole rings is 1. The van der Waals surface area contributed by atoms with Gasteiger partial charge in [-0.25, -0.2) is 15.0 Å². The van der Waals surface area contributed by atoms with Gasteiger partial charge in [0, 0.05) is 18.0 Å². The molecule has 0 radical (unpaired) electrons. The summed E-state index contributed by atoms with van der Waals surface area (Å²) in [6.07, 6.45) is 5.12. The van der Waals surface area contributed by atoms with Crippen molar-refractivity contribution in [3.05, 3.63) is 23.3 Å². The number of rotatable bonds is 6. The van der Waals surface area contributed by atoms with Crippen molar-refractivity contribution in [1.82, 2.24) is 15.0 Å². The molecule has 1 aliphatic carbocycles. The van der Waals surface area contributed by atoms with Gasteiger partial charge >= 0.3 is 0 Å². The zero-order valence-corrected chi connectivity index (χ0v) is 13.5. The van der Waals surface area contributed by atoms with Gasteiger partial charge in [0.15, 0.2) is 0 Å². The first kappa shape index (κ1) is 14.4. The van der Waals surface area contributed by atoms with Gasteiger partial charge in [0.25, 0.3) is 5.22 Å². The molecule has 112 valence electrons. The van der Waals surface area contributed by atoms with E-state index in [4.69, 9.17) is 14.4 Å². The molecule has 0 amide bonds. The minimum absolute atomic E-state index is 0.526. The monoisotopic (exact) mass is 304 g/mol. The normalized spacial score (nSPS) is 14.4. The Morgan fingerprint density at radius 3 is 2.71 bits per heavy atom. The van der Waals surface area contributed by atoms with E-state index in [0.717, 1.165) is 40.9 Å². The van der Waals surface area contributed by atoms with E-state index < -0.39 is 0 Å². The lowest BCUT2D eigenvalue weighted by molar-refractivity contribution is 0.453. The molecule has 1 saturated carbocycles. The van der Waals surface area contributed by atoms with Crippen LogP contribution in [0, 0.1) is 13.8 Å². The summed E-state index contributed by atoms with van der Waals surface area (Å²) in [5.41, 5.74) is 1.95. The third kappa shape index (κ3) is 3.37. The molecule has 1 aliphatic rings. The van der Waals surface area contributed by atoms with Crippen LogP contribution in [-0.2, 0) is 0 Å². The van der Waals surface area contributed by atoms with Crippen LogP contribution >= 0.6 is 11.8 Å². The summed E-state index contributed by atoms with van der Waals surface area (Å²) in [7, 11) is 0. The predicted octanol–water partition coefficient (Wildman–Crippen LogP) is 3.93. The Hall–Kier alpha value is -1.56. The van der Waals surface area contributed by atoms with E-state index in [0.29, 0.717) is 11.1 Å². The quantitative estimate of drug-likeness (QED) is 0.816. The highest BCUT2D eigenvalue weighted by Gasteiger charge is 2.28. The zero-order chi connectivity index (χ0) is 14.8. The summed E-state index contributed by atoms with van der Waals surface area (Å²) < 4.78 is 5.43. The van der Waals surface area contributed by atoms with Crippen LogP contribution in [0.2, 0.25) is 0 Å². The molecule has 21 heavy (non-hydrogen) atoms. The van der Waals surface area contributed by atoms with Crippen molar-refractivity contribution in [1.29, 1.82) is 0 Å². The molecule has 0 aromatic carbocycles. The van der Waals surface area contributed by atoms with E-state index in [-0.39, 0.29) is 0 Å². The van der Waals surface area contributed by atoms with E-state index in [1.54, 1.807) is 6.26 Å². The predicted molar refractivity (Wildman–Crippen MR) is 82.9 cm³/mol. The minimum Gasteiger partial charge on any atom is -0.439 e. The summed E-state index contributed by atoms with van der Waals surface area (Å²) in [4.78, 5) is 13.8. The fourth-order valence-corrected chi connectivity index (χ4v) is 2.85. The second-order valence-electron chi connectivity index (χ2n) is 5.42. The SMILES string of the molecule is CCCNc1nc(C2CC2)nc(Sc2nc(C)co2)c1C. The van der Waals surface area contributed by atoms with Gasteiger partial charge in [0.2, 0.25) is 0 Å². The minimum atomic E-state index is 0.526. The van der Waals surface area contributed by atoms with E-state index in [9.17, 15) is 0 Å². The van der Waals surface area contributed by atoms with Crippen molar-refractivity contribution in [2.45, 2.75) is 56.2 Å². The lowest BCUT2D eigenvalue weighted by Gasteiger charge is -2.12. The molecular formula is C15H20N4OS. The van der Waals surface area contributed by atoms with Crippen LogP contribution in [0.3, 0.4) is 0 Å². The van der Waals surface area contributed by atoms with Gasteiger partial charge in [0.05, 0.1) is 5.69 Å². The molecule has 1 fully saturated rings. The van der Waals surface area contributed by atoms with E-state index in [1.165, 1.54) is 24.6 Å². The van der Waals surface area contributed by atoms with Crippen LogP contribution in [0.15, 0.2) is 20.9 Å². The first-order valence-corrected chi connectivity index (χ1v) is 8.21. The first-order valence-electron chi connectivity index (χ1n) is 7.39. The van der Waals surface area contributed by atoms with Crippen molar-refractivity contribution in [3.8, 4) is 0 Å². The number of anilines is 1. The number of aromatic nitrogens is 3. The third-order valence-electron chi connectivity index (χ3n) is 3.39. The van der Waals surface area contributed by atoms with Gasteiger partial charge in [-0.15, -0.1) is 0 Å². The maximum absolute atomic E-state index is 5.43. The Morgan fingerprint density at radius 2 is 2.10 bits per heavy atom. The van der Waals surface area contributed by atoms with Crippen LogP contribution in [0.1, 0.15) is 49.2 Å². The molecule has 1 N–H and O–H groups in total. The molecule has 0 atom stereocenters. The number of aryl methyl sites for hydroxylation is 1. The Morgan fingerprint density at radius 1 is 1.29 bits per heavy atom. The highest BCUT2D eigenvalue weighted by atomic mass is 32.2. The fraction of sp³-hybridized carbons (Fsp3) is 0.533. The van der Waals surface area contributed by atoms with Gasteiger partial charge in [-0.05, 0) is 44.9 Å². The first-order chi connectivity index (χ1) is 10.2. The molecule has 2 aromatic heterocycles. The van der Waals surface area contributed by atoms with Gasteiger partial charge in [0.1, 0.15) is 22.9 Å². The summed E-state index contributed by atoms with van der Waals surface area (Å²) in [6, 6.07) is 0. The lowest BCUT2D eigenvalue weighted by Crippen LogP contribution is -2.08. The second kappa shape index (κ2) is 6.05. The standard InChI is InChI=1S/C15H20N4OS/c1-4-7-16-12-10(3)14(19-13(18-12)11-5-6-11)21-15-17-9(2)8-20-15/h8,11H,4-7H2,1-3H3,(H,16,18,19). The van der Waals surface area contributed by atoms with Gasteiger partial charge in [-0.2, -0.15) is 0 Å². The van der Waals surface area contributed by atoms with Crippen molar-refractivity contribution >= 4 is 17.6 Å². The Bertz CT molecular complexity index is 637. The van der Waals surface area contributed by atoms with Crippen LogP contribution < -0.4 is 5.32 Å². The molecule has 2 heterocycles. The lowest BCUT2D eigenvalue weighted by atomic mass is 10.3. The molecule has 0 saturated heterocycles. The smallest absolute Gasteiger partial charge is 0.262 e. The highest BCUT2D eigenvalue weighted by Crippen LogP contribution is 2.40. The van der Waals surface area contributed by atoms with Crippen LogP contribution in [0.5, 0.6) is 0 Å². The second-order valence-corrected chi connectivity index (χ2v) is 6.36. The molecule has 3 rings (SSSR count). The average molecular weight is 304 g/mol. The maximum Gasteiger partial charge on any atom is 0.262 e. The van der Waals surface area contributed by atoms with Crippen molar-refractivity contribution in [3.63, 3.8) is 0 Å². The van der Waals surface area contributed by atoms with Crippen molar-refractivity contribution < 1.29 is 4.42 Å². The Kier molecular flexibility index (Phi) is 4.14. The number of nitrogens with zero attached hydrogens (tertiary/aromatic N) is 3. The van der Waals surface area contributed by atoms with Crippen LogP contribution in [-0.4, -0.2) is 21.5 Å². The largest absolute Gasteiger partial charge is 0.439 e. The summed E-state index contributed by atoms with van der Waals surface area (Å²) in [5.74, 6) is 2.42.